The lowest BCUT2D eigenvalue weighted by Crippen LogP contribution is -1.93. The van der Waals surface area contributed by atoms with E-state index >= 15 is 0 Å². The number of rotatable bonds is 4. The van der Waals surface area contributed by atoms with E-state index in [-0.39, 0.29) is 12.6 Å². The van der Waals surface area contributed by atoms with Gasteiger partial charge in [0.1, 0.15) is 0 Å². The van der Waals surface area contributed by atoms with Gasteiger partial charge >= 0.3 is 5.97 Å². The second kappa shape index (κ2) is 6.58. The van der Waals surface area contributed by atoms with Gasteiger partial charge in [0.25, 0.3) is 0 Å². The fraction of sp³-hybridized carbons (Fsp3) is 0.154. The first-order valence-electron chi connectivity index (χ1n) is 4.90. The third-order valence-electron chi connectivity index (χ3n) is 2.00. The van der Waals surface area contributed by atoms with Crippen LogP contribution in [0.3, 0.4) is 0 Å². The molecule has 3 heteroatoms. The summed E-state index contributed by atoms with van der Waals surface area (Å²) in [5, 5.41) is 8.70. The lowest BCUT2D eigenvalue weighted by Gasteiger charge is -1.99. The van der Waals surface area contributed by atoms with Crippen molar-refractivity contribution in [1.29, 1.82) is 0 Å². The molecule has 1 rings (SSSR count). The van der Waals surface area contributed by atoms with E-state index < -0.39 is 0 Å². The van der Waals surface area contributed by atoms with Gasteiger partial charge in [-0.05, 0) is 17.2 Å². The third-order valence-corrected chi connectivity index (χ3v) is 2.00. The highest BCUT2D eigenvalue weighted by atomic mass is 16.5. The Labute approximate surface area is 94.7 Å². The summed E-state index contributed by atoms with van der Waals surface area (Å²) < 4.78 is 4.51. The number of hydrogen-bond donors (Lipinski definition) is 1. The van der Waals surface area contributed by atoms with Gasteiger partial charge in [-0.25, -0.2) is 4.79 Å². The molecule has 0 saturated carbocycles. The first-order chi connectivity index (χ1) is 7.77. The Morgan fingerprint density at radius 2 is 1.94 bits per heavy atom. The van der Waals surface area contributed by atoms with Gasteiger partial charge in [0.05, 0.1) is 13.7 Å². The maximum absolute atomic E-state index is 10.9. The summed E-state index contributed by atoms with van der Waals surface area (Å²) in [6.45, 7) is -0.00491. The van der Waals surface area contributed by atoms with E-state index in [1.165, 1.54) is 13.2 Å². The Balaban J connectivity index is 2.90. The van der Waals surface area contributed by atoms with Crippen LogP contribution in [0.15, 0.2) is 36.4 Å². The first-order valence-corrected chi connectivity index (χ1v) is 4.90. The quantitative estimate of drug-likeness (QED) is 0.620. The van der Waals surface area contributed by atoms with Gasteiger partial charge in [-0.3, -0.25) is 0 Å². The molecule has 0 aliphatic rings. The van der Waals surface area contributed by atoms with Gasteiger partial charge in [-0.1, -0.05) is 36.4 Å². The topological polar surface area (TPSA) is 46.5 Å². The van der Waals surface area contributed by atoms with E-state index in [1.54, 1.807) is 18.2 Å². The standard InChI is InChI=1S/C13H14O3/c1-16-13(15)9-8-12-6-3-2-5-11(12)7-4-10-14/h2-9,14H,10H2,1H3/b7-4+,9-8+. The molecule has 0 aromatic heterocycles. The van der Waals surface area contributed by atoms with E-state index in [0.717, 1.165) is 11.1 Å². The zero-order valence-corrected chi connectivity index (χ0v) is 9.09. The summed E-state index contributed by atoms with van der Waals surface area (Å²) in [5.74, 6) is -0.388. The van der Waals surface area contributed by atoms with E-state index in [2.05, 4.69) is 4.74 Å². The van der Waals surface area contributed by atoms with Crippen molar-refractivity contribution in [3.05, 3.63) is 47.5 Å². The zero-order chi connectivity index (χ0) is 11.8. The van der Waals surface area contributed by atoms with Crippen molar-refractivity contribution < 1.29 is 14.6 Å². The van der Waals surface area contributed by atoms with Gasteiger partial charge in [-0.15, -0.1) is 0 Å². The lowest BCUT2D eigenvalue weighted by molar-refractivity contribution is -0.134. The molecular formula is C13H14O3. The maximum atomic E-state index is 10.9. The SMILES string of the molecule is COC(=O)/C=C/c1ccccc1/C=C/CO. The van der Waals surface area contributed by atoms with Crippen LogP contribution in [0, 0.1) is 0 Å². The van der Waals surface area contributed by atoms with Crippen LogP contribution in [0.1, 0.15) is 11.1 Å². The molecule has 16 heavy (non-hydrogen) atoms. The number of carbonyl (C=O) groups is 1. The molecule has 84 valence electrons. The summed E-state index contributed by atoms with van der Waals surface area (Å²) in [4.78, 5) is 10.9. The van der Waals surface area contributed by atoms with Crippen LogP contribution in [0.25, 0.3) is 12.2 Å². The van der Waals surface area contributed by atoms with Gasteiger partial charge in [-0.2, -0.15) is 0 Å². The lowest BCUT2D eigenvalue weighted by atomic mass is 10.1. The Morgan fingerprint density at radius 1 is 1.31 bits per heavy atom. The molecule has 0 amide bonds. The molecule has 0 radical (unpaired) electrons. The fourth-order valence-corrected chi connectivity index (χ4v) is 1.22. The molecule has 1 aromatic rings. The monoisotopic (exact) mass is 218 g/mol. The van der Waals surface area contributed by atoms with Crippen LogP contribution in [0.2, 0.25) is 0 Å². The Bertz CT molecular complexity index is 405. The highest BCUT2D eigenvalue weighted by molar-refractivity contribution is 5.87. The number of methoxy groups -OCH3 is 1. The molecule has 0 aliphatic heterocycles. The van der Waals surface area contributed by atoms with Crippen LogP contribution < -0.4 is 0 Å². The minimum absolute atomic E-state index is 0.00491. The zero-order valence-electron chi connectivity index (χ0n) is 9.09. The Morgan fingerprint density at radius 3 is 2.50 bits per heavy atom. The Kier molecular flexibility index (Phi) is 5.02. The van der Waals surface area contributed by atoms with Crippen molar-refractivity contribution in [2.75, 3.05) is 13.7 Å². The largest absolute Gasteiger partial charge is 0.466 e. The van der Waals surface area contributed by atoms with E-state index in [0.29, 0.717) is 0 Å². The van der Waals surface area contributed by atoms with Crippen molar-refractivity contribution in [3.63, 3.8) is 0 Å². The molecule has 0 bridgehead atoms. The number of ether oxygens (including phenoxy) is 1. The second-order valence-corrected chi connectivity index (χ2v) is 3.07. The summed E-state index contributed by atoms with van der Waals surface area (Å²) >= 11 is 0. The molecule has 0 heterocycles. The predicted molar refractivity (Wildman–Crippen MR) is 63.6 cm³/mol. The molecule has 3 nitrogen and oxygen atoms in total. The number of hydrogen-bond acceptors (Lipinski definition) is 3. The minimum Gasteiger partial charge on any atom is -0.466 e. The molecular weight excluding hydrogens is 204 g/mol. The molecule has 0 saturated heterocycles. The number of esters is 1. The predicted octanol–water partition coefficient (Wildman–Crippen LogP) is 1.88. The Hall–Kier alpha value is -1.87. The highest BCUT2D eigenvalue weighted by Crippen LogP contribution is 2.12. The minimum atomic E-state index is -0.388. The number of benzene rings is 1. The van der Waals surface area contributed by atoms with Gasteiger partial charge in [0.2, 0.25) is 0 Å². The first kappa shape index (κ1) is 12.2. The van der Waals surface area contributed by atoms with Gasteiger partial charge in [0.15, 0.2) is 0 Å². The van der Waals surface area contributed by atoms with Crippen LogP contribution in [-0.4, -0.2) is 24.8 Å². The summed E-state index contributed by atoms with van der Waals surface area (Å²) in [6, 6.07) is 7.57. The highest BCUT2D eigenvalue weighted by Gasteiger charge is 1.96. The van der Waals surface area contributed by atoms with Gasteiger partial charge in [0, 0.05) is 6.08 Å². The summed E-state index contributed by atoms with van der Waals surface area (Å²) in [5.41, 5.74) is 1.84. The average Bonchev–Trinajstić information content (AvgIpc) is 2.34. The van der Waals surface area contributed by atoms with Crippen molar-refractivity contribution >= 4 is 18.1 Å². The van der Waals surface area contributed by atoms with E-state index in [1.807, 2.05) is 24.3 Å². The number of carbonyl (C=O) groups excluding carboxylic acids is 1. The van der Waals surface area contributed by atoms with Crippen molar-refractivity contribution in [2.45, 2.75) is 0 Å². The van der Waals surface area contributed by atoms with E-state index in [9.17, 15) is 4.79 Å². The number of aliphatic hydroxyl groups excluding tert-OH is 1. The fourth-order valence-electron chi connectivity index (χ4n) is 1.22. The van der Waals surface area contributed by atoms with Crippen molar-refractivity contribution in [2.24, 2.45) is 0 Å². The molecule has 1 aromatic carbocycles. The van der Waals surface area contributed by atoms with Crippen molar-refractivity contribution in [3.8, 4) is 0 Å². The van der Waals surface area contributed by atoms with Crippen LogP contribution >= 0.6 is 0 Å². The molecule has 0 aliphatic carbocycles. The summed E-state index contributed by atoms with van der Waals surface area (Å²) in [6.07, 6.45) is 6.50. The smallest absolute Gasteiger partial charge is 0.330 e. The second-order valence-electron chi connectivity index (χ2n) is 3.07. The molecule has 0 fully saturated rings. The van der Waals surface area contributed by atoms with Crippen LogP contribution in [0.5, 0.6) is 0 Å². The maximum Gasteiger partial charge on any atom is 0.330 e. The molecule has 1 N–H and O–H groups in total. The molecule has 0 spiro atoms. The van der Waals surface area contributed by atoms with Crippen LogP contribution in [0.4, 0.5) is 0 Å². The third kappa shape index (κ3) is 3.71. The average molecular weight is 218 g/mol. The molecule has 0 atom stereocenters. The molecule has 0 unspecified atom stereocenters. The normalized spacial score (nSPS) is 11.1. The summed E-state index contributed by atoms with van der Waals surface area (Å²) in [7, 11) is 1.34. The van der Waals surface area contributed by atoms with E-state index in [4.69, 9.17) is 5.11 Å². The van der Waals surface area contributed by atoms with Crippen LogP contribution in [-0.2, 0) is 9.53 Å². The van der Waals surface area contributed by atoms with Gasteiger partial charge < -0.3 is 9.84 Å². The van der Waals surface area contributed by atoms with Crippen molar-refractivity contribution in [1.82, 2.24) is 0 Å². The number of aliphatic hydroxyl groups is 1.